The van der Waals surface area contributed by atoms with E-state index in [1.165, 1.54) is 24.0 Å². The fourth-order valence-electron chi connectivity index (χ4n) is 1.66. The topological polar surface area (TPSA) is 21.3 Å². The molecule has 0 heterocycles. The highest BCUT2D eigenvalue weighted by Crippen LogP contribution is 2.19. The van der Waals surface area contributed by atoms with E-state index >= 15 is 0 Å². The molecule has 1 aliphatic carbocycles. The maximum absolute atomic E-state index is 5.71. The van der Waals surface area contributed by atoms with E-state index < -0.39 is 0 Å². The fourth-order valence-corrected chi connectivity index (χ4v) is 1.66. The summed E-state index contributed by atoms with van der Waals surface area (Å²) < 4.78 is 5.71. The van der Waals surface area contributed by atoms with Crippen LogP contribution in [0.1, 0.15) is 44.2 Å². The first-order valence-electron chi connectivity index (χ1n) is 6.70. The lowest BCUT2D eigenvalue weighted by Gasteiger charge is -2.11. The molecule has 1 aromatic carbocycles. The molecule has 2 nitrogen and oxygen atoms in total. The fraction of sp³-hybridized carbons (Fsp3) is 0.600. The van der Waals surface area contributed by atoms with Gasteiger partial charge in [-0.2, -0.15) is 0 Å². The monoisotopic (exact) mass is 233 g/mol. The quantitative estimate of drug-likeness (QED) is 0.780. The Morgan fingerprint density at radius 3 is 2.47 bits per heavy atom. The third kappa shape index (κ3) is 4.49. The van der Waals surface area contributed by atoms with Crippen molar-refractivity contribution in [1.29, 1.82) is 0 Å². The van der Waals surface area contributed by atoms with Crippen molar-refractivity contribution in [2.45, 2.75) is 58.4 Å². The number of nitrogens with one attached hydrogen (secondary N) is 1. The van der Waals surface area contributed by atoms with Crippen molar-refractivity contribution >= 4 is 0 Å². The van der Waals surface area contributed by atoms with Gasteiger partial charge in [-0.3, -0.25) is 0 Å². The third-order valence-electron chi connectivity index (χ3n) is 3.30. The Morgan fingerprint density at radius 1 is 1.24 bits per heavy atom. The van der Waals surface area contributed by atoms with Gasteiger partial charge in [0, 0.05) is 12.6 Å². The predicted octanol–water partition coefficient (Wildman–Crippen LogP) is 3.25. The van der Waals surface area contributed by atoms with E-state index in [0.717, 1.165) is 25.6 Å². The highest BCUT2D eigenvalue weighted by atomic mass is 16.5. The molecular formula is C15H23NO. The van der Waals surface area contributed by atoms with Crippen molar-refractivity contribution < 1.29 is 4.74 Å². The molecule has 0 aromatic heterocycles. The average Bonchev–Trinajstić information content (AvgIpc) is 3.18. The van der Waals surface area contributed by atoms with Crippen LogP contribution < -0.4 is 5.32 Å². The van der Waals surface area contributed by atoms with E-state index in [2.05, 4.69) is 43.4 Å². The largest absolute Gasteiger partial charge is 0.374 e. The minimum Gasteiger partial charge on any atom is -0.374 e. The summed E-state index contributed by atoms with van der Waals surface area (Å²) in [6, 6.07) is 9.52. The van der Waals surface area contributed by atoms with E-state index in [0.29, 0.717) is 6.10 Å². The van der Waals surface area contributed by atoms with Crippen molar-refractivity contribution in [1.82, 2.24) is 5.32 Å². The van der Waals surface area contributed by atoms with Crippen LogP contribution in [-0.2, 0) is 17.9 Å². The molecule has 1 unspecified atom stereocenters. The number of ether oxygens (including phenoxy) is 1. The Hall–Kier alpha value is -0.860. The molecule has 1 N–H and O–H groups in total. The summed E-state index contributed by atoms with van der Waals surface area (Å²) in [5.74, 6) is 0. The minimum absolute atomic E-state index is 0.353. The molecule has 94 valence electrons. The summed E-state index contributed by atoms with van der Waals surface area (Å²) in [6.07, 6.45) is 4.12. The van der Waals surface area contributed by atoms with Crippen LogP contribution in [-0.4, -0.2) is 12.1 Å². The van der Waals surface area contributed by atoms with Gasteiger partial charge in [-0.1, -0.05) is 31.2 Å². The molecule has 0 amide bonds. The molecule has 0 bridgehead atoms. The highest BCUT2D eigenvalue weighted by molar-refractivity contribution is 5.22. The molecule has 17 heavy (non-hydrogen) atoms. The Kier molecular flexibility index (Phi) is 4.57. The Balaban J connectivity index is 1.75. The molecule has 1 aliphatic rings. The van der Waals surface area contributed by atoms with E-state index in [-0.39, 0.29) is 0 Å². The normalized spacial score (nSPS) is 17.1. The first-order chi connectivity index (χ1) is 8.28. The van der Waals surface area contributed by atoms with Crippen molar-refractivity contribution in [2.75, 3.05) is 0 Å². The lowest BCUT2D eigenvalue weighted by molar-refractivity contribution is 0.0508. The number of hydrogen-bond acceptors (Lipinski definition) is 2. The van der Waals surface area contributed by atoms with Crippen molar-refractivity contribution in [3.63, 3.8) is 0 Å². The molecule has 0 spiro atoms. The molecule has 2 rings (SSSR count). The first kappa shape index (κ1) is 12.6. The summed E-state index contributed by atoms with van der Waals surface area (Å²) in [5, 5.41) is 3.52. The van der Waals surface area contributed by atoms with Crippen LogP contribution in [0.4, 0.5) is 0 Å². The molecule has 1 aromatic rings. The summed E-state index contributed by atoms with van der Waals surface area (Å²) in [5.41, 5.74) is 2.63. The van der Waals surface area contributed by atoms with Gasteiger partial charge in [0.1, 0.15) is 0 Å². The maximum Gasteiger partial charge on any atom is 0.0720 e. The summed E-state index contributed by atoms with van der Waals surface area (Å²) in [4.78, 5) is 0. The van der Waals surface area contributed by atoms with Gasteiger partial charge in [0.2, 0.25) is 0 Å². The van der Waals surface area contributed by atoms with E-state index in [1.807, 2.05) is 0 Å². The predicted molar refractivity (Wildman–Crippen MR) is 70.8 cm³/mol. The number of hydrogen-bond donors (Lipinski definition) is 1. The molecule has 1 fully saturated rings. The second kappa shape index (κ2) is 6.18. The van der Waals surface area contributed by atoms with Gasteiger partial charge in [0.25, 0.3) is 0 Å². The first-order valence-corrected chi connectivity index (χ1v) is 6.70. The van der Waals surface area contributed by atoms with Crippen LogP contribution in [0, 0.1) is 0 Å². The highest BCUT2D eigenvalue weighted by Gasteiger charge is 2.19. The summed E-state index contributed by atoms with van der Waals surface area (Å²) in [7, 11) is 0. The Morgan fingerprint density at radius 2 is 1.88 bits per heavy atom. The van der Waals surface area contributed by atoms with E-state index in [1.54, 1.807) is 0 Å². The van der Waals surface area contributed by atoms with Crippen LogP contribution in [0.3, 0.4) is 0 Å². The lowest BCUT2D eigenvalue weighted by atomic mass is 10.1. The van der Waals surface area contributed by atoms with Crippen LogP contribution in [0.2, 0.25) is 0 Å². The van der Waals surface area contributed by atoms with E-state index in [4.69, 9.17) is 4.74 Å². The molecule has 2 heteroatoms. The Labute approximate surface area is 104 Å². The van der Waals surface area contributed by atoms with Crippen LogP contribution >= 0.6 is 0 Å². The maximum atomic E-state index is 5.71. The molecule has 0 radical (unpaired) electrons. The Bertz CT molecular complexity index is 329. The van der Waals surface area contributed by atoms with Gasteiger partial charge in [0.15, 0.2) is 0 Å². The zero-order valence-corrected chi connectivity index (χ0v) is 10.9. The summed E-state index contributed by atoms with van der Waals surface area (Å²) in [6.45, 7) is 5.99. The van der Waals surface area contributed by atoms with Crippen molar-refractivity contribution in [3.8, 4) is 0 Å². The molecule has 1 saturated carbocycles. The van der Waals surface area contributed by atoms with Crippen molar-refractivity contribution in [2.24, 2.45) is 0 Å². The summed E-state index contributed by atoms with van der Waals surface area (Å²) >= 11 is 0. The van der Waals surface area contributed by atoms with Gasteiger partial charge < -0.3 is 10.1 Å². The van der Waals surface area contributed by atoms with Gasteiger partial charge in [-0.15, -0.1) is 0 Å². The standard InChI is InChI=1S/C15H23NO/c1-3-12(2)17-11-14-6-4-13(5-7-14)10-16-15-8-9-15/h4-7,12,15-16H,3,8-11H2,1-2H3. The second-order valence-electron chi connectivity index (χ2n) is 5.00. The number of rotatable bonds is 7. The molecule has 0 aliphatic heterocycles. The second-order valence-corrected chi connectivity index (χ2v) is 5.00. The molecular weight excluding hydrogens is 210 g/mol. The van der Waals surface area contributed by atoms with Crippen LogP contribution in [0.5, 0.6) is 0 Å². The van der Waals surface area contributed by atoms with Gasteiger partial charge >= 0.3 is 0 Å². The zero-order valence-electron chi connectivity index (χ0n) is 10.9. The van der Waals surface area contributed by atoms with Gasteiger partial charge in [-0.05, 0) is 37.3 Å². The van der Waals surface area contributed by atoms with Gasteiger partial charge in [0.05, 0.1) is 12.7 Å². The van der Waals surface area contributed by atoms with Gasteiger partial charge in [-0.25, -0.2) is 0 Å². The van der Waals surface area contributed by atoms with E-state index in [9.17, 15) is 0 Å². The average molecular weight is 233 g/mol. The molecule has 0 saturated heterocycles. The van der Waals surface area contributed by atoms with Crippen LogP contribution in [0.25, 0.3) is 0 Å². The third-order valence-corrected chi connectivity index (χ3v) is 3.30. The minimum atomic E-state index is 0.353. The molecule has 1 atom stereocenters. The SMILES string of the molecule is CCC(C)OCc1ccc(CNC2CC2)cc1. The smallest absolute Gasteiger partial charge is 0.0720 e. The lowest BCUT2D eigenvalue weighted by Crippen LogP contribution is -2.15. The van der Waals surface area contributed by atoms with Crippen molar-refractivity contribution in [3.05, 3.63) is 35.4 Å². The number of benzene rings is 1. The van der Waals surface area contributed by atoms with Crippen LogP contribution in [0.15, 0.2) is 24.3 Å². The zero-order chi connectivity index (χ0) is 12.1.